The predicted molar refractivity (Wildman–Crippen MR) is 118 cm³/mol. The van der Waals surface area contributed by atoms with E-state index in [4.69, 9.17) is 40.5 Å². The lowest BCUT2D eigenvalue weighted by molar-refractivity contribution is 0.601. The van der Waals surface area contributed by atoms with Crippen molar-refractivity contribution in [3.8, 4) is 0 Å². The number of benzene rings is 3. The number of azo groups is 1. The molecule has 0 aliphatic rings. The van der Waals surface area contributed by atoms with Crippen molar-refractivity contribution in [1.82, 2.24) is 0 Å². The molecule has 3 aromatic carbocycles. The largest absolute Gasteiger partial charge is 0.399 e. The summed E-state index contributed by atoms with van der Waals surface area (Å²) in [6.45, 7) is 0.169. The summed E-state index contributed by atoms with van der Waals surface area (Å²) < 4.78 is 28.2. The van der Waals surface area contributed by atoms with Gasteiger partial charge in [0.2, 0.25) is 0 Å². The summed E-state index contributed by atoms with van der Waals surface area (Å²) in [5.41, 5.74) is 7.16. The highest BCUT2D eigenvalue weighted by Crippen LogP contribution is 2.31. The monoisotopic (exact) mass is 468 g/mol. The molecular formula is C19H15Cl3N4O2S. The Balaban J connectivity index is 1.90. The second-order valence-electron chi connectivity index (χ2n) is 5.99. The van der Waals surface area contributed by atoms with Crippen molar-refractivity contribution in [3.63, 3.8) is 0 Å². The van der Waals surface area contributed by atoms with Crippen molar-refractivity contribution in [3.05, 3.63) is 81.3 Å². The minimum atomic E-state index is -4.01. The van der Waals surface area contributed by atoms with Gasteiger partial charge in [-0.1, -0.05) is 46.9 Å². The summed E-state index contributed by atoms with van der Waals surface area (Å²) in [4.78, 5) is -0.120. The van der Waals surface area contributed by atoms with E-state index in [1.165, 1.54) is 12.1 Å². The van der Waals surface area contributed by atoms with Crippen LogP contribution in [0.5, 0.6) is 0 Å². The number of nitrogens with one attached hydrogen (secondary N) is 1. The van der Waals surface area contributed by atoms with Crippen LogP contribution < -0.4 is 10.5 Å². The molecule has 0 unspecified atom stereocenters. The lowest BCUT2D eigenvalue weighted by Crippen LogP contribution is -2.13. The Labute approximate surface area is 183 Å². The van der Waals surface area contributed by atoms with Crippen molar-refractivity contribution in [1.29, 1.82) is 0 Å². The molecule has 0 saturated carbocycles. The maximum atomic E-state index is 12.9. The van der Waals surface area contributed by atoms with Gasteiger partial charge in [0, 0.05) is 15.7 Å². The zero-order valence-corrected chi connectivity index (χ0v) is 17.9. The van der Waals surface area contributed by atoms with Crippen LogP contribution in [0.3, 0.4) is 0 Å². The third kappa shape index (κ3) is 5.61. The van der Waals surface area contributed by atoms with E-state index in [-0.39, 0.29) is 33.5 Å². The number of hydrogen-bond acceptors (Lipinski definition) is 5. The van der Waals surface area contributed by atoms with Gasteiger partial charge in [-0.15, -0.1) is 0 Å². The van der Waals surface area contributed by atoms with E-state index in [1.807, 2.05) is 0 Å². The number of nitrogen functional groups attached to an aromatic ring is 1. The number of anilines is 2. The van der Waals surface area contributed by atoms with Crippen molar-refractivity contribution in [2.75, 3.05) is 10.5 Å². The molecule has 0 atom stereocenters. The number of rotatable bonds is 6. The number of nitrogens with two attached hydrogens (primary N) is 1. The predicted octanol–water partition coefficient (Wildman–Crippen LogP) is 6.31. The van der Waals surface area contributed by atoms with Gasteiger partial charge in [-0.2, -0.15) is 10.2 Å². The highest BCUT2D eigenvalue weighted by atomic mass is 35.5. The van der Waals surface area contributed by atoms with E-state index in [9.17, 15) is 8.42 Å². The van der Waals surface area contributed by atoms with Crippen molar-refractivity contribution >= 4 is 61.9 Å². The third-order valence-electron chi connectivity index (χ3n) is 3.75. The fourth-order valence-electron chi connectivity index (χ4n) is 2.47. The zero-order valence-electron chi connectivity index (χ0n) is 14.8. The summed E-state index contributed by atoms with van der Waals surface area (Å²) >= 11 is 18.0. The molecule has 0 aliphatic carbocycles. The number of hydrogen-bond donors (Lipinski definition) is 2. The maximum absolute atomic E-state index is 12.9. The minimum absolute atomic E-state index is 0.120. The molecule has 0 bridgehead atoms. The first-order valence-corrected chi connectivity index (χ1v) is 10.9. The molecule has 29 heavy (non-hydrogen) atoms. The summed E-state index contributed by atoms with van der Waals surface area (Å²) in [5.74, 6) is 0. The Morgan fingerprint density at radius 2 is 1.62 bits per heavy atom. The Morgan fingerprint density at radius 1 is 0.931 bits per heavy atom. The lowest BCUT2D eigenvalue weighted by Gasteiger charge is -2.11. The Hall–Kier alpha value is -2.32. The molecule has 3 N–H and O–H groups in total. The van der Waals surface area contributed by atoms with Gasteiger partial charge in [0.15, 0.2) is 0 Å². The first-order valence-electron chi connectivity index (χ1n) is 8.24. The summed E-state index contributed by atoms with van der Waals surface area (Å²) in [7, 11) is -4.01. The van der Waals surface area contributed by atoms with Gasteiger partial charge in [0.05, 0.1) is 17.3 Å². The number of sulfonamides is 1. The van der Waals surface area contributed by atoms with Crippen LogP contribution in [0.4, 0.5) is 17.1 Å². The molecule has 0 aromatic heterocycles. The Kier molecular flexibility index (Phi) is 6.64. The SMILES string of the molecule is Nc1ccc(N=NCc2cc(Cl)cc(Cl)c2)c(S(=O)(=O)Nc2ccccc2Cl)c1. The van der Waals surface area contributed by atoms with E-state index in [0.717, 1.165) is 5.56 Å². The molecule has 0 saturated heterocycles. The normalized spacial score (nSPS) is 11.7. The quantitative estimate of drug-likeness (QED) is 0.327. The Morgan fingerprint density at radius 3 is 2.31 bits per heavy atom. The van der Waals surface area contributed by atoms with Gasteiger partial charge in [-0.05, 0) is 54.1 Å². The van der Waals surface area contributed by atoms with Crippen LogP contribution in [0, 0.1) is 0 Å². The summed E-state index contributed by atoms with van der Waals surface area (Å²) in [5, 5.41) is 9.35. The molecule has 150 valence electrons. The molecule has 0 spiro atoms. The molecule has 0 radical (unpaired) electrons. The molecule has 3 aromatic rings. The molecule has 6 nitrogen and oxygen atoms in total. The maximum Gasteiger partial charge on any atom is 0.264 e. The standard InChI is InChI=1S/C19H15Cl3N4O2S/c20-13-7-12(8-14(21)9-13)11-24-25-18-6-5-15(23)10-19(18)29(27,28)26-17-4-2-1-3-16(17)22/h1-10,26H,11,23H2. The van der Waals surface area contributed by atoms with Crippen LogP contribution in [0.2, 0.25) is 15.1 Å². The average molecular weight is 470 g/mol. The fraction of sp³-hybridized carbons (Fsp3) is 0.0526. The summed E-state index contributed by atoms with van der Waals surface area (Å²) in [6.07, 6.45) is 0. The van der Waals surface area contributed by atoms with Crippen molar-refractivity contribution in [2.45, 2.75) is 11.4 Å². The van der Waals surface area contributed by atoms with E-state index in [1.54, 1.807) is 48.5 Å². The highest BCUT2D eigenvalue weighted by Gasteiger charge is 2.20. The molecule has 3 rings (SSSR count). The molecule has 0 heterocycles. The molecule has 0 fully saturated rings. The van der Waals surface area contributed by atoms with E-state index < -0.39 is 10.0 Å². The smallest absolute Gasteiger partial charge is 0.264 e. The third-order valence-corrected chi connectivity index (χ3v) is 5.91. The van der Waals surface area contributed by atoms with E-state index in [0.29, 0.717) is 10.0 Å². The van der Waals surface area contributed by atoms with Gasteiger partial charge < -0.3 is 5.73 Å². The van der Waals surface area contributed by atoms with Crippen molar-refractivity contribution < 1.29 is 8.42 Å². The fourth-order valence-corrected chi connectivity index (χ4v) is 4.53. The van der Waals surface area contributed by atoms with Gasteiger partial charge in [0.25, 0.3) is 10.0 Å². The number of para-hydroxylation sites is 1. The van der Waals surface area contributed by atoms with E-state index >= 15 is 0 Å². The topological polar surface area (TPSA) is 96.9 Å². The second kappa shape index (κ2) is 9.00. The highest BCUT2D eigenvalue weighted by molar-refractivity contribution is 7.92. The average Bonchev–Trinajstić information content (AvgIpc) is 2.64. The van der Waals surface area contributed by atoms with Gasteiger partial charge in [0.1, 0.15) is 10.6 Å². The van der Waals surface area contributed by atoms with Crippen LogP contribution in [0.1, 0.15) is 5.56 Å². The van der Waals surface area contributed by atoms with Crippen LogP contribution in [-0.4, -0.2) is 8.42 Å². The van der Waals surface area contributed by atoms with Crippen molar-refractivity contribution in [2.24, 2.45) is 10.2 Å². The van der Waals surface area contributed by atoms with Gasteiger partial charge in [-0.3, -0.25) is 4.72 Å². The second-order valence-corrected chi connectivity index (χ2v) is 8.92. The van der Waals surface area contributed by atoms with Crippen LogP contribution in [0.15, 0.2) is 75.8 Å². The van der Waals surface area contributed by atoms with Crippen LogP contribution >= 0.6 is 34.8 Å². The molecule has 0 aliphatic heterocycles. The minimum Gasteiger partial charge on any atom is -0.399 e. The number of nitrogens with zero attached hydrogens (tertiary/aromatic N) is 2. The lowest BCUT2D eigenvalue weighted by atomic mass is 10.2. The molecule has 10 heteroatoms. The molecular weight excluding hydrogens is 455 g/mol. The summed E-state index contributed by atoms with van der Waals surface area (Å²) in [6, 6.07) is 15.8. The first kappa shape index (κ1) is 21.4. The van der Waals surface area contributed by atoms with Gasteiger partial charge in [-0.25, -0.2) is 8.42 Å². The van der Waals surface area contributed by atoms with Crippen LogP contribution in [0.25, 0.3) is 0 Å². The van der Waals surface area contributed by atoms with Crippen LogP contribution in [-0.2, 0) is 16.6 Å². The van der Waals surface area contributed by atoms with Gasteiger partial charge >= 0.3 is 0 Å². The molecule has 0 amide bonds. The van der Waals surface area contributed by atoms with E-state index in [2.05, 4.69) is 15.0 Å². The Bertz CT molecular complexity index is 1160. The number of halogens is 3. The first-order chi connectivity index (χ1) is 13.7. The zero-order chi connectivity index (χ0) is 21.0.